The highest BCUT2D eigenvalue weighted by atomic mass is 32.2. The van der Waals surface area contributed by atoms with Crippen LogP contribution >= 0.6 is 0 Å². The zero-order chi connectivity index (χ0) is 15.4. The van der Waals surface area contributed by atoms with Gasteiger partial charge in [-0.05, 0) is 32.9 Å². The van der Waals surface area contributed by atoms with E-state index in [4.69, 9.17) is 5.73 Å². The SMILES string of the molecule is CC(C)(C)NC(=O)CCNS(=O)(=O)c1ccc(N)nc1. The molecule has 4 N–H and O–H groups in total. The summed E-state index contributed by atoms with van der Waals surface area (Å²) in [6.07, 6.45) is 1.24. The molecule has 0 saturated heterocycles. The lowest BCUT2D eigenvalue weighted by Crippen LogP contribution is -2.41. The zero-order valence-electron chi connectivity index (χ0n) is 11.8. The minimum absolute atomic E-state index is 0.0166. The topological polar surface area (TPSA) is 114 Å². The Morgan fingerprint density at radius 2 is 2.00 bits per heavy atom. The molecule has 1 aromatic heterocycles. The maximum absolute atomic E-state index is 11.9. The predicted molar refractivity (Wildman–Crippen MR) is 76.4 cm³/mol. The molecule has 0 aliphatic carbocycles. The smallest absolute Gasteiger partial charge is 0.242 e. The van der Waals surface area contributed by atoms with Gasteiger partial charge in [-0.1, -0.05) is 0 Å². The molecule has 8 heteroatoms. The van der Waals surface area contributed by atoms with Crippen molar-refractivity contribution in [3.05, 3.63) is 18.3 Å². The van der Waals surface area contributed by atoms with Gasteiger partial charge in [0.15, 0.2) is 0 Å². The number of nitrogen functional groups attached to an aromatic ring is 1. The van der Waals surface area contributed by atoms with Gasteiger partial charge in [0.1, 0.15) is 10.7 Å². The van der Waals surface area contributed by atoms with Crippen molar-refractivity contribution in [2.45, 2.75) is 37.6 Å². The number of carbonyl (C=O) groups is 1. The third-order valence-corrected chi connectivity index (χ3v) is 3.67. The third kappa shape index (κ3) is 5.54. The minimum Gasteiger partial charge on any atom is -0.384 e. The second-order valence-corrected chi connectivity index (χ2v) is 7.13. The number of nitrogens with zero attached hydrogens (tertiary/aromatic N) is 1. The summed E-state index contributed by atoms with van der Waals surface area (Å²) in [4.78, 5) is 15.3. The number of amides is 1. The van der Waals surface area contributed by atoms with E-state index in [0.717, 1.165) is 0 Å². The first-order valence-corrected chi connectivity index (χ1v) is 7.61. The molecule has 0 radical (unpaired) electrons. The molecule has 20 heavy (non-hydrogen) atoms. The summed E-state index contributed by atoms with van der Waals surface area (Å²) in [5.41, 5.74) is 5.05. The quantitative estimate of drug-likeness (QED) is 0.721. The Balaban J connectivity index is 2.53. The van der Waals surface area contributed by atoms with Gasteiger partial charge in [0.05, 0.1) is 0 Å². The van der Waals surface area contributed by atoms with Crippen molar-refractivity contribution in [3.63, 3.8) is 0 Å². The number of hydrogen-bond acceptors (Lipinski definition) is 5. The molecule has 0 spiro atoms. The van der Waals surface area contributed by atoms with Gasteiger partial charge in [-0.15, -0.1) is 0 Å². The standard InChI is InChI=1S/C12H20N4O3S/c1-12(2,3)16-11(17)6-7-15-20(18,19)9-4-5-10(13)14-8-9/h4-5,8,15H,6-7H2,1-3H3,(H2,13,14)(H,16,17). The largest absolute Gasteiger partial charge is 0.384 e. The van der Waals surface area contributed by atoms with Gasteiger partial charge in [0.2, 0.25) is 15.9 Å². The predicted octanol–water partition coefficient (Wildman–Crippen LogP) is 0.247. The summed E-state index contributed by atoms with van der Waals surface area (Å²) in [5, 5.41) is 2.75. The van der Waals surface area contributed by atoms with E-state index in [1.807, 2.05) is 20.8 Å². The van der Waals surface area contributed by atoms with Crippen molar-refractivity contribution < 1.29 is 13.2 Å². The van der Waals surface area contributed by atoms with Gasteiger partial charge in [0.25, 0.3) is 0 Å². The lowest BCUT2D eigenvalue weighted by atomic mass is 10.1. The van der Waals surface area contributed by atoms with Crippen LogP contribution in [0, 0.1) is 0 Å². The van der Waals surface area contributed by atoms with Crippen LogP contribution < -0.4 is 15.8 Å². The third-order valence-electron chi connectivity index (χ3n) is 2.23. The number of pyridine rings is 1. The molecule has 112 valence electrons. The normalized spacial score (nSPS) is 12.2. The highest BCUT2D eigenvalue weighted by Gasteiger charge is 2.16. The average molecular weight is 300 g/mol. The van der Waals surface area contributed by atoms with Gasteiger partial charge in [-0.3, -0.25) is 4.79 Å². The first kappa shape index (κ1) is 16.4. The van der Waals surface area contributed by atoms with E-state index in [1.54, 1.807) is 0 Å². The van der Waals surface area contributed by atoms with Crippen LogP contribution in [0.5, 0.6) is 0 Å². The van der Waals surface area contributed by atoms with Crippen LogP contribution in [0.25, 0.3) is 0 Å². The molecule has 1 aromatic rings. The fourth-order valence-corrected chi connectivity index (χ4v) is 2.39. The first-order valence-electron chi connectivity index (χ1n) is 6.12. The van der Waals surface area contributed by atoms with Crippen molar-refractivity contribution >= 4 is 21.7 Å². The summed E-state index contributed by atoms with van der Waals surface area (Å²) in [6.45, 7) is 5.59. The van der Waals surface area contributed by atoms with Crippen LogP contribution in [-0.2, 0) is 14.8 Å². The van der Waals surface area contributed by atoms with Crippen LogP contribution in [0.15, 0.2) is 23.2 Å². The molecule has 1 rings (SSSR count). The van der Waals surface area contributed by atoms with Crippen molar-refractivity contribution in [1.29, 1.82) is 0 Å². The van der Waals surface area contributed by atoms with Crippen molar-refractivity contribution in [1.82, 2.24) is 15.0 Å². The number of anilines is 1. The van der Waals surface area contributed by atoms with Crippen molar-refractivity contribution in [2.75, 3.05) is 12.3 Å². The van der Waals surface area contributed by atoms with Crippen molar-refractivity contribution in [3.8, 4) is 0 Å². The molecule has 7 nitrogen and oxygen atoms in total. The van der Waals surface area contributed by atoms with Gasteiger partial charge < -0.3 is 11.1 Å². The molecule has 0 aliphatic heterocycles. The highest BCUT2D eigenvalue weighted by Crippen LogP contribution is 2.08. The van der Waals surface area contributed by atoms with E-state index in [9.17, 15) is 13.2 Å². The lowest BCUT2D eigenvalue weighted by molar-refractivity contribution is -0.122. The maximum atomic E-state index is 11.9. The molecule has 0 aromatic carbocycles. The monoisotopic (exact) mass is 300 g/mol. The second kappa shape index (κ2) is 6.19. The van der Waals surface area contributed by atoms with Crippen LogP contribution in [0.3, 0.4) is 0 Å². The lowest BCUT2D eigenvalue weighted by Gasteiger charge is -2.20. The molecule has 0 atom stereocenters. The summed E-state index contributed by atoms with van der Waals surface area (Å²) >= 11 is 0. The molecule has 0 saturated carbocycles. The molecule has 0 fully saturated rings. The number of sulfonamides is 1. The van der Waals surface area contributed by atoms with E-state index >= 15 is 0 Å². The van der Waals surface area contributed by atoms with E-state index in [0.29, 0.717) is 0 Å². The first-order chi connectivity index (χ1) is 9.10. The van der Waals surface area contributed by atoms with E-state index < -0.39 is 10.0 Å². The fraction of sp³-hybridized carbons (Fsp3) is 0.500. The summed E-state index contributed by atoms with van der Waals surface area (Å²) in [6, 6.07) is 2.76. The Labute approximate surface area is 119 Å². The molecule has 1 amide bonds. The van der Waals surface area contributed by atoms with E-state index in [-0.39, 0.29) is 35.1 Å². The number of carbonyl (C=O) groups excluding carboxylic acids is 1. The average Bonchev–Trinajstić information content (AvgIpc) is 2.26. The zero-order valence-corrected chi connectivity index (χ0v) is 12.6. The Kier molecular flexibility index (Phi) is 5.07. The highest BCUT2D eigenvalue weighted by molar-refractivity contribution is 7.89. The molecule has 1 heterocycles. The Bertz CT molecular complexity index is 561. The molecular formula is C12H20N4O3S. The van der Waals surface area contributed by atoms with Gasteiger partial charge >= 0.3 is 0 Å². The van der Waals surface area contributed by atoms with Crippen LogP contribution in [0.2, 0.25) is 0 Å². The number of hydrogen-bond donors (Lipinski definition) is 3. The number of aromatic nitrogens is 1. The Morgan fingerprint density at radius 1 is 1.35 bits per heavy atom. The Morgan fingerprint density at radius 3 is 2.50 bits per heavy atom. The van der Waals surface area contributed by atoms with Crippen LogP contribution in [0.4, 0.5) is 5.82 Å². The van der Waals surface area contributed by atoms with Gasteiger partial charge in [0, 0.05) is 24.7 Å². The number of nitrogens with one attached hydrogen (secondary N) is 2. The molecular weight excluding hydrogens is 280 g/mol. The molecule has 0 unspecified atom stereocenters. The number of rotatable bonds is 5. The summed E-state index contributed by atoms with van der Waals surface area (Å²) in [5.74, 6) is 0.0316. The molecule has 0 aliphatic rings. The molecule has 0 bridgehead atoms. The van der Waals surface area contributed by atoms with Gasteiger partial charge in [-0.2, -0.15) is 0 Å². The van der Waals surface area contributed by atoms with E-state index in [2.05, 4.69) is 15.0 Å². The van der Waals surface area contributed by atoms with Crippen LogP contribution in [-0.4, -0.2) is 31.4 Å². The van der Waals surface area contributed by atoms with Gasteiger partial charge in [-0.25, -0.2) is 18.1 Å². The van der Waals surface area contributed by atoms with E-state index in [1.165, 1.54) is 18.3 Å². The Hall–Kier alpha value is -1.67. The fourth-order valence-electron chi connectivity index (χ4n) is 1.41. The van der Waals surface area contributed by atoms with Crippen molar-refractivity contribution in [2.24, 2.45) is 0 Å². The summed E-state index contributed by atoms with van der Waals surface area (Å²) < 4.78 is 26.1. The minimum atomic E-state index is -3.66. The summed E-state index contributed by atoms with van der Waals surface area (Å²) in [7, 11) is -3.66. The van der Waals surface area contributed by atoms with Crippen LogP contribution in [0.1, 0.15) is 27.2 Å². The second-order valence-electron chi connectivity index (χ2n) is 5.36. The maximum Gasteiger partial charge on any atom is 0.242 e. The number of nitrogens with two attached hydrogens (primary N) is 1.